The Kier molecular flexibility index (Phi) is 2.91. The Hall–Kier alpha value is -0.770. The van der Waals surface area contributed by atoms with Crippen molar-refractivity contribution in [1.29, 1.82) is 0 Å². The molecule has 0 aromatic rings. The second kappa shape index (κ2) is 4.17. The number of rotatable bonds is 3. The lowest BCUT2D eigenvalue weighted by Crippen LogP contribution is -2.46. The van der Waals surface area contributed by atoms with Crippen molar-refractivity contribution in [2.45, 2.75) is 50.8 Å². The van der Waals surface area contributed by atoms with Crippen LogP contribution in [0.15, 0.2) is 0 Å². The van der Waals surface area contributed by atoms with Gasteiger partial charge < -0.3 is 15.4 Å². The van der Waals surface area contributed by atoms with Crippen molar-refractivity contribution in [2.24, 2.45) is 0 Å². The van der Waals surface area contributed by atoms with Crippen LogP contribution in [0, 0.1) is 0 Å². The molecule has 2 amide bonds. The molecule has 2 unspecified atom stereocenters. The Morgan fingerprint density at radius 3 is 2.79 bits per heavy atom. The van der Waals surface area contributed by atoms with Crippen molar-refractivity contribution in [3.8, 4) is 0 Å². The zero-order valence-electron chi connectivity index (χ0n) is 8.58. The molecule has 0 radical (unpaired) electrons. The summed E-state index contributed by atoms with van der Waals surface area (Å²) >= 11 is 0. The molecule has 2 atom stereocenters. The molecule has 4 nitrogen and oxygen atoms in total. The first kappa shape index (κ1) is 9.77. The van der Waals surface area contributed by atoms with Crippen molar-refractivity contribution in [2.75, 3.05) is 6.61 Å². The molecule has 1 saturated heterocycles. The molecular formula is C10H18N2O2. The largest absolute Gasteiger partial charge is 0.376 e. The number of carbonyl (C=O) groups excluding carboxylic acids is 1. The summed E-state index contributed by atoms with van der Waals surface area (Å²) in [6, 6.07) is 0.499. The zero-order valence-corrected chi connectivity index (χ0v) is 8.58. The Labute approximate surface area is 84.4 Å². The summed E-state index contributed by atoms with van der Waals surface area (Å²) in [7, 11) is 0. The van der Waals surface area contributed by atoms with Crippen LogP contribution in [-0.2, 0) is 4.74 Å². The molecule has 4 heteroatoms. The highest BCUT2D eigenvalue weighted by atomic mass is 16.5. The van der Waals surface area contributed by atoms with Crippen LogP contribution in [-0.4, -0.2) is 30.8 Å². The number of ether oxygens (including phenoxy) is 1. The minimum absolute atomic E-state index is 0.0458. The standard InChI is InChI=1S/C10H18N2O2/c1-7(9-3-2-6-14-9)11-10(13)12-8-4-5-8/h7-9H,2-6H2,1H3,(H2,11,12,13). The molecule has 0 aromatic carbocycles. The van der Waals surface area contributed by atoms with E-state index in [9.17, 15) is 4.79 Å². The summed E-state index contributed by atoms with van der Waals surface area (Å²) in [5.41, 5.74) is 0. The molecule has 1 heterocycles. The molecule has 1 aliphatic carbocycles. The normalized spacial score (nSPS) is 28.5. The first-order valence-electron chi connectivity index (χ1n) is 5.44. The molecule has 2 fully saturated rings. The molecule has 0 aromatic heterocycles. The molecule has 1 aliphatic heterocycles. The van der Waals surface area contributed by atoms with Crippen LogP contribution in [0.25, 0.3) is 0 Å². The van der Waals surface area contributed by atoms with E-state index >= 15 is 0 Å². The summed E-state index contributed by atoms with van der Waals surface area (Å²) in [4.78, 5) is 11.4. The quantitative estimate of drug-likeness (QED) is 0.711. The molecule has 2 rings (SSSR count). The van der Waals surface area contributed by atoms with Gasteiger partial charge in [0, 0.05) is 12.6 Å². The van der Waals surface area contributed by atoms with E-state index in [0.717, 1.165) is 32.3 Å². The van der Waals surface area contributed by atoms with Crippen LogP contribution < -0.4 is 10.6 Å². The lowest BCUT2D eigenvalue weighted by atomic mass is 10.1. The van der Waals surface area contributed by atoms with Crippen molar-refractivity contribution in [3.05, 3.63) is 0 Å². The summed E-state index contributed by atoms with van der Waals surface area (Å²) in [6.07, 6.45) is 4.63. The van der Waals surface area contributed by atoms with E-state index in [1.54, 1.807) is 0 Å². The second-order valence-electron chi connectivity index (χ2n) is 4.23. The number of nitrogens with one attached hydrogen (secondary N) is 2. The zero-order chi connectivity index (χ0) is 9.97. The van der Waals surface area contributed by atoms with E-state index in [1.165, 1.54) is 0 Å². The van der Waals surface area contributed by atoms with Crippen LogP contribution in [0.2, 0.25) is 0 Å². The lowest BCUT2D eigenvalue weighted by Gasteiger charge is -2.20. The van der Waals surface area contributed by atoms with E-state index in [-0.39, 0.29) is 18.2 Å². The Bertz CT molecular complexity index is 210. The minimum Gasteiger partial charge on any atom is -0.376 e. The third-order valence-corrected chi connectivity index (χ3v) is 2.79. The molecule has 0 spiro atoms. The van der Waals surface area contributed by atoms with Gasteiger partial charge in [-0.1, -0.05) is 0 Å². The third-order valence-electron chi connectivity index (χ3n) is 2.79. The Morgan fingerprint density at radius 2 is 2.21 bits per heavy atom. The lowest BCUT2D eigenvalue weighted by molar-refractivity contribution is 0.0860. The van der Waals surface area contributed by atoms with E-state index in [4.69, 9.17) is 4.74 Å². The molecule has 80 valence electrons. The number of hydrogen-bond donors (Lipinski definition) is 2. The molecule has 1 saturated carbocycles. The minimum atomic E-state index is -0.0458. The highest BCUT2D eigenvalue weighted by molar-refractivity contribution is 5.74. The highest BCUT2D eigenvalue weighted by Crippen LogP contribution is 2.19. The van der Waals surface area contributed by atoms with Crippen molar-refractivity contribution >= 4 is 6.03 Å². The fourth-order valence-corrected chi connectivity index (χ4v) is 1.75. The molecule has 0 bridgehead atoms. The number of hydrogen-bond acceptors (Lipinski definition) is 2. The summed E-state index contributed by atoms with van der Waals surface area (Å²) in [6.45, 7) is 2.84. The number of carbonyl (C=O) groups is 1. The van der Waals surface area contributed by atoms with Gasteiger partial charge in [-0.05, 0) is 32.6 Å². The van der Waals surface area contributed by atoms with E-state index in [1.807, 2.05) is 6.92 Å². The van der Waals surface area contributed by atoms with Crippen molar-refractivity contribution in [3.63, 3.8) is 0 Å². The fraction of sp³-hybridized carbons (Fsp3) is 0.900. The van der Waals surface area contributed by atoms with Gasteiger partial charge in [-0.3, -0.25) is 0 Å². The van der Waals surface area contributed by atoms with Gasteiger partial charge in [0.05, 0.1) is 12.1 Å². The monoisotopic (exact) mass is 198 g/mol. The van der Waals surface area contributed by atoms with Gasteiger partial charge in [0.1, 0.15) is 0 Å². The first-order valence-corrected chi connectivity index (χ1v) is 5.44. The van der Waals surface area contributed by atoms with E-state index in [0.29, 0.717) is 6.04 Å². The van der Waals surface area contributed by atoms with Gasteiger partial charge >= 0.3 is 6.03 Å². The van der Waals surface area contributed by atoms with Crippen LogP contribution in [0.1, 0.15) is 32.6 Å². The average molecular weight is 198 g/mol. The maximum atomic E-state index is 11.4. The van der Waals surface area contributed by atoms with Gasteiger partial charge in [-0.2, -0.15) is 0 Å². The van der Waals surface area contributed by atoms with Crippen molar-refractivity contribution in [1.82, 2.24) is 10.6 Å². The van der Waals surface area contributed by atoms with E-state index in [2.05, 4.69) is 10.6 Å². The van der Waals surface area contributed by atoms with Crippen LogP contribution in [0.3, 0.4) is 0 Å². The predicted octanol–water partition coefficient (Wildman–Crippen LogP) is 1.02. The highest BCUT2D eigenvalue weighted by Gasteiger charge is 2.26. The van der Waals surface area contributed by atoms with Crippen LogP contribution in [0.5, 0.6) is 0 Å². The number of urea groups is 1. The summed E-state index contributed by atoms with van der Waals surface area (Å²) < 4.78 is 5.49. The molecule has 2 aliphatic rings. The molecule has 2 N–H and O–H groups in total. The first-order chi connectivity index (χ1) is 6.75. The van der Waals surface area contributed by atoms with Crippen LogP contribution in [0.4, 0.5) is 4.79 Å². The van der Waals surface area contributed by atoms with Gasteiger partial charge in [0.2, 0.25) is 0 Å². The molecule has 14 heavy (non-hydrogen) atoms. The summed E-state index contributed by atoms with van der Waals surface area (Å²) in [5.74, 6) is 0. The smallest absolute Gasteiger partial charge is 0.315 e. The van der Waals surface area contributed by atoms with Crippen LogP contribution >= 0.6 is 0 Å². The fourth-order valence-electron chi connectivity index (χ4n) is 1.75. The van der Waals surface area contributed by atoms with Gasteiger partial charge in [0.25, 0.3) is 0 Å². The van der Waals surface area contributed by atoms with Gasteiger partial charge in [-0.15, -0.1) is 0 Å². The van der Waals surface area contributed by atoms with Gasteiger partial charge in [-0.25, -0.2) is 4.79 Å². The number of amides is 2. The average Bonchev–Trinajstić information content (AvgIpc) is 2.80. The van der Waals surface area contributed by atoms with E-state index < -0.39 is 0 Å². The Balaban J connectivity index is 1.69. The summed E-state index contributed by atoms with van der Waals surface area (Å²) in [5, 5.41) is 5.82. The predicted molar refractivity (Wildman–Crippen MR) is 53.1 cm³/mol. The van der Waals surface area contributed by atoms with Crippen molar-refractivity contribution < 1.29 is 9.53 Å². The maximum absolute atomic E-state index is 11.4. The second-order valence-corrected chi connectivity index (χ2v) is 4.23. The topological polar surface area (TPSA) is 50.4 Å². The maximum Gasteiger partial charge on any atom is 0.315 e. The Morgan fingerprint density at radius 1 is 1.43 bits per heavy atom. The molecular weight excluding hydrogens is 180 g/mol. The van der Waals surface area contributed by atoms with Gasteiger partial charge in [0.15, 0.2) is 0 Å². The third kappa shape index (κ3) is 2.61. The SMILES string of the molecule is CC(NC(=O)NC1CC1)C1CCCO1.